The molecule has 0 radical (unpaired) electrons. The molecule has 1 fully saturated rings. The minimum atomic E-state index is 0.165. The van der Waals surface area contributed by atoms with Gasteiger partial charge in [0.2, 0.25) is 11.0 Å². The van der Waals surface area contributed by atoms with Gasteiger partial charge in [0, 0.05) is 43.4 Å². The van der Waals surface area contributed by atoms with Gasteiger partial charge in [0.05, 0.1) is 6.42 Å². The van der Waals surface area contributed by atoms with Crippen LogP contribution in [0.15, 0.2) is 24.3 Å². The summed E-state index contributed by atoms with van der Waals surface area (Å²) >= 11 is 1.42. The Kier molecular flexibility index (Phi) is 4.24. The largest absolute Gasteiger partial charge is 0.399 e. The number of anilines is 2. The van der Waals surface area contributed by atoms with Gasteiger partial charge in [-0.1, -0.05) is 12.1 Å². The molecule has 6 nitrogen and oxygen atoms in total. The molecule has 22 heavy (non-hydrogen) atoms. The lowest BCUT2D eigenvalue weighted by atomic mass is 10.1. The van der Waals surface area contributed by atoms with E-state index >= 15 is 0 Å². The summed E-state index contributed by atoms with van der Waals surface area (Å²) in [5.41, 5.74) is 7.38. The van der Waals surface area contributed by atoms with Crippen LogP contribution in [0, 0.1) is 6.92 Å². The predicted octanol–water partition coefficient (Wildman–Crippen LogP) is 1.32. The second-order valence-corrected chi connectivity index (χ2v) is 6.14. The Labute approximate surface area is 133 Å². The maximum atomic E-state index is 12.4. The number of hydrogen-bond acceptors (Lipinski definition) is 6. The fraction of sp³-hybridized carbons (Fsp3) is 0.400. The molecule has 1 saturated heterocycles. The maximum absolute atomic E-state index is 12.4. The first-order valence-electron chi connectivity index (χ1n) is 7.29. The SMILES string of the molecule is Cc1nsc(N2CCN(C(=O)Cc3ccc(N)cc3)CC2)n1. The van der Waals surface area contributed by atoms with Crippen molar-refractivity contribution in [2.75, 3.05) is 36.8 Å². The highest BCUT2D eigenvalue weighted by Gasteiger charge is 2.22. The molecule has 3 rings (SSSR count). The first-order chi connectivity index (χ1) is 10.6. The molecule has 0 spiro atoms. The summed E-state index contributed by atoms with van der Waals surface area (Å²) in [6, 6.07) is 7.48. The van der Waals surface area contributed by atoms with Crippen molar-refractivity contribution < 1.29 is 4.79 Å². The summed E-state index contributed by atoms with van der Waals surface area (Å²) in [6.45, 7) is 4.97. The van der Waals surface area contributed by atoms with Crippen LogP contribution in [0.5, 0.6) is 0 Å². The minimum absolute atomic E-state index is 0.165. The third kappa shape index (κ3) is 3.36. The van der Waals surface area contributed by atoms with E-state index < -0.39 is 0 Å². The predicted molar refractivity (Wildman–Crippen MR) is 88.0 cm³/mol. The number of benzene rings is 1. The molecule has 1 amide bonds. The molecule has 0 bridgehead atoms. The molecule has 7 heteroatoms. The molecule has 0 saturated carbocycles. The zero-order valence-electron chi connectivity index (χ0n) is 12.5. The van der Waals surface area contributed by atoms with Crippen LogP contribution in [0.25, 0.3) is 0 Å². The fourth-order valence-electron chi connectivity index (χ4n) is 2.48. The van der Waals surface area contributed by atoms with E-state index in [1.807, 2.05) is 36.1 Å². The molecule has 2 heterocycles. The number of rotatable bonds is 3. The van der Waals surface area contributed by atoms with Crippen molar-refractivity contribution in [3.05, 3.63) is 35.7 Å². The topological polar surface area (TPSA) is 75.4 Å². The minimum Gasteiger partial charge on any atom is -0.399 e. The van der Waals surface area contributed by atoms with Gasteiger partial charge in [0.15, 0.2) is 0 Å². The highest BCUT2D eigenvalue weighted by molar-refractivity contribution is 7.09. The van der Waals surface area contributed by atoms with Crippen LogP contribution in [0.2, 0.25) is 0 Å². The summed E-state index contributed by atoms with van der Waals surface area (Å²) in [6.07, 6.45) is 0.429. The molecule has 0 aliphatic carbocycles. The van der Waals surface area contributed by atoms with Crippen molar-refractivity contribution in [2.24, 2.45) is 0 Å². The van der Waals surface area contributed by atoms with E-state index in [4.69, 9.17) is 5.73 Å². The number of nitrogen functional groups attached to an aromatic ring is 1. The zero-order chi connectivity index (χ0) is 15.5. The number of carbonyl (C=O) groups is 1. The Morgan fingerprint density at radius 1 is 1.23 bits per heavy atom. The molecule has 2 aromatic rings. The highest BCUT2D eigenvalue weighted by atomic mass is 32.1. The number of nitrogens with two attached hydrogens (primary N) is 1. The Balaban J connectivity index is 1.54. The highest BCUT2D eigenvalue weighted by Crippen LogP contribution is 2.19. The third-order valence-corrected chi connectivity index (χ3v) is 4.62. The second kappa shape index (κ2) is 6.31. The number of hydrogen-bond donors (Lipinski definition) is 1. The molecule has 1 aliphatic heterocycles. The van der Waals surface area contributed by atoms with Gasteiger partial charge in [-0.3, -0.25) is 4.79 Å². The normalized spacial score (nSPS) is 15.1. The van der Waals surface area contributed by atoms with E-state index in [1.165, 1.54) is 11.5 Å². The quantitative estimate of drug-likeness (QED) is 0.864. The number of nitrogens with zero attached hydrogens (tertiary/aromatic N) is 4. The summed E-state index contributed by atoms with van der Waals surface area (Å²) in [5.74, 6) is 0.972. The van der Waals surface area contributed by atoms with Crippen molar-refractivity contribution in [2.45, 2.75) is 13.3 Å². The van der Waals surface area contributed by atoms with E-state index in [-0.39, 0.29) is 5.91 Å². The number of carbonyl (C=O) groups excluding carboxylic acids is 1. The van der Waals surface area contributed by atoms with E-state index in [2.05, 4.69) is 14.3 Å². The van der Waals surface area contributed by atoms with Crippen LogP contribution in [0.1, 0.15) is 11.4 Å². The monoisotopic (exact) mass is 317 g/mol. The average molecular weight is 317 g/mol. The fourth-order valence-corrected chi connectivity index (χ4v) is 3.21. The van der Waals surface area contributed by atoms with Crippen LogP contribution in [-0.2, 0) is 11.2 Å². The lowest BCUT2D eigenvalue weighted by Crippen LogP contribution is -2.49. The molecule has 2 N–H and O–H groups in total. The van der Waals surface area contributed by atoms with Crippen LogP contribution in [-0.4, -0.2) is 46.3 Å². The Morgan fingerprint density at radius 3 is 2.50 bits per heavy atom. The Bertz CT molecular complexity index is 646. The lowest BCUT2D eigenvalue weighted by Gasteiger charge is -2.34. The maximum Gasteiger partial charge on any atom is 0.227 e. The van der Waals surface area contributed by atoms with E-state index in [1.54, 1.807) is 0 Å². The molecule has 1 aromatic carbocycles. The molecule has 0 unspecified atom stereocenters. The Hall–Kier alpha value is -2.15. The van der Waals surface area contributed by atoms with Crippen molar-refractivity contribution in [1.82, 2.24) is 14.3 Å². The van der Waals surface area contributed by atoms with Crippen LogP contribution in [0.4, 0.5) is 10.8 Å². The first kappa shape index (κ1) is 14.8. The lowest BCUT2D eigenvalue weighted by molar-refractivity contribution is -0.130. The van der Waals surface area contributed by atoms with Gasteiger partial charge in [0.1, 0.15) is 5.82 Å². The number of aryl methyl sites for hydroxylation is 1. The summed E-state index contributed by atoms with van der Waals surface area (Å²) in [5, 5.41) is 0.947. The van der Waals surface area contributed by atoms with E-state index in [0.29, 0.717) is 6.42 Å². The number of piperazine rings is 1. The van der Waals surface area contributed by atoms with E-state index in [9.17, 15) is 4.79 Å². The molecule has 1 aromatic heterocycles. The molecule has 1 aliphatic rings. The first-order valence-corrected chi connectivity index (χ1v) is 8.06. The van der Waals surface area contributed by atoms with Crippen molar-refractivity contribution >= 4 is 28.3 Å². The van der Waals surface area contributed by atoms with Gasteiger partial charge in [-0.15, -0.1) is 0 Å². The molecule has 0 atom stereocenters. The number of aromatic nitrogens is 2. The van der Waals surface area contributed by atoms with Crippen molar-refractivity contribution in [1.29, 1.82) is 0 Å². The van der Waals surface area contributed by atoms with E-state index in [0.717, 1.165) is 48.4 Å². The average Bonchev–Trinajstić information content (AvgIpc) is 2.96. The van der Waals surface area contributed by atoms with Crippen molar-refractivity contribution in [3.63, 3.8) is 0 Å². The smallest absolute Gasteiger partial charge is 0.227 e. The second-order valence-electron chi connectivity index (χ2n) is 5.41. The van der Waals surface area contributed by atoms with Crippen molar-refractivity contribution in [3.8, 4) is 0 Å². The van der Waals surface area contributed by atoms with Gasteiger partial charge in [-0.05, 0) is 24.6 Å². The molecular formula is C15H19N5OS. The van der Waals surface area contributed by atoms with Gasteiger partial charge in [0.25, 0.3) is 0 Å². The Morgan fingerprint density at radius 2 is 1.91 bits per heavy atom. The van der Waals surface area contributed by atoms with Crippen LogP contribution < -0.4 is 10.6 Å². The molecule has 116 valence electrons. The summed E-state index contributed by atoms with van der Waals surface area (Å²) in [4.78, 5) is 20.9. The van der Waals surface area contributed by atoms with Gasteiger partial charge < -0.3 is 15.5 Å². The van der Waals surface area contributed by atoms with Gasteiger partial charge in [-0.2, -0.15) is 4.37 Å². The molecular weight excluding hydrogens is 298 g/mol. The summed E-state index contributed by atoms with van der Waals surface area (Å²) in [7, 11) is 0. The van der Waals surface area contributed by atoms with Gasteiger partial charge in [-0.25, -0.2) is 4.98 Å². The van der Waals surface area contributed by atoms with Crippen LogP contribution >= 0.6 is 11.5 Å². The standard InChI is InChI=1S/C15H19N5OS/c1-11-17-15(22-18-11)20-8-6-19(7-9-20)14(21)10-12-2-4-13(16)5-3-12/h2-5H,6-10,16H2,1H3. The van der Waals surface area contributed by atoms with Crippen LogP contribution in [0.3, 0.4) is 0 Å². The third-order valence-electron chi connectivity index (χ3n) is 3.75. The van der Waals surface area contributed by atoms with Gasteiger partial charge >= 0.3 is 0 Å². The number of amides is 1. The summed E-state index contributed by atoms with van der Waals surface area (Å²) < 4.78 is 4.21. The zero-order valence-corrected chi connectivity index (χ0v) is 13.3.